The number of amides is 1. The van der Waals surface area contributed by atoms with E-state index in [-0.39, 0.29) is 12.1 Å². The minimum Gasteiger partial charge on any atom is -0.497 e. The molecule has 1 unspecified atom stereocenters. The van der Waals surface area contributed by atoms with Crippen molar-refractivity contribution in [3.63, 3.8) is 0 Å². The first kappa shape index (κ1) is 24.5. The number of hydrogen-bond acceptors (Lipinski definition) is 7. The number of carbonyl (C=O) groups is 1. The van der Waals surface area contributed by atoms with Crippen LogP contribution in [0.5, 0.6) is 5.75 Å². The van der Waals surface area contributed by atoms with E-state index >= 15 is 0 Å². The van der Waals surface area contributed by atoms with Crippen LogP contribution in [-0.4, -0.2) is 54.4 Å². The second-order valence-corrected chi connectivity index (χ2v) is 9.37. The third-order valence-corrected chi connectivity index (χ3v) is 5.62. The molecule has 2 aromatic rings. The molecule has 33 heavy (non-hydrogen) atoms. The van der Waals surface area contributed by atoms with Gasteiger partial charge in [-0.15, -0.1) is 0 Å². The lowest BCUT2D eigenvalue weighted by Gasteiger charge is -2.35. The summed E-state index contributed by atoms with van der Waals surface area (Å²) in [4.78, 5) is 21.0. The van der Waals surface area contributed by atoms with Crippen LogP contribution in [0.3, 0.4) is 0 Å². The van der Waals surface area contributed by atoms with E-state index in [9.17, 15) is 4.79 Å². The maximum Gasteiger partial charge on any atom is 0.410 e. The number of nitrogens with one attached hydrogen (secondary N) is 1. The number of anilines is 3. The number of rotatable bonds is 7. The van der Waals surface area contributed by atoms with Gasteiger partial charge >= 0.3 is 6.09 Å². The summed E-state index contributed by atoms with van der Waals surface area (Å²) in [6.45, 7) is 10.5. The van der Waals surface area contributed by atoms with Gasteiger partial charge in [-0.2, -0.15) is 0 Å². The van der Waals surface area contributed by atoms with Crippen molar-refractivity contribution in [2.75, 3.05) is 42.7 Å². The van der Waals surface area contributed by atoms with E-state index < -0.39 is 5.60 Å². The normalized spacial score (nSPS) is 16.3. The highest BCUT2D eigenvalue weighted by atomic mass is 16.6. The molecule has 3 N–H and O–H groups in total. The Balaban J connectivity index is 1.70. The number of pyridine rings is 1. The van der Waals surface area contributed by atoms with Crippen molar-refractivity contribution in [3.05, 3.63) is 42.1 Å². The van der Waals surface area contributed by atoms with Crippen LogP contribution in [0.1, 0.15) is 46.1 Å². The van der Waals surface area contributed by atoms with Crippen molar-refractivity contribution in [3.8, 4) is 5.75 Å². The molecule has 8 nitrogen and oxygen atoms in total. The number of piperidine rings is 1. The van der Waals surface area contributed by atoms with E-state index in [1.807, 2.05) is 51.1 Å². The van der Waals surface area contributed by atoms with Gasteiger partial charge in [0.05, 0.1) is 18.5 Å². The van der Waals surface area contributed by atoms with Gasteiger partial charge in [0.25, 0.3) is 0 Å². The lowest BCUT2D eigenvalue weighted by Crippen LogP contribution is -2.47. The minimum absolute atomic E-state index is 0.0977. The molecule has 1 amide bonds. The molecule has 1 fully saturated rings. The van der Waals surface area contributed by atoms with E-state index in [2.05, 4.69) is 22.1 Å². The Morgan fingerprint density at radius 2 is 2.00 bits per heavy atom. The summed E-state index contributed by atoms with van der Waals surface area (Å²) in [5.41, 5.74) is 8.66. The van der Waals surface area contributed by atoms with Crippen LogP contribution in [0.2, 0.25) is 0 Å². The highest BCUT2D eigenvalue weighted by Gasteiger charge is 2.28. The van der Waals surface area contributed by atoms with E-state index in [0.29, 0.717) is 25.3 Å². The van der Waals surface area contributed by atoms with Gasteiger partial charge in [0.2, 0.25) is 0 Å². The lowest BCUT2D eigenvalue weighted by molar-refractivity contribution is 0.0206. The fraction of sp³-hybridized carbons (Fsp3) is 0.520. The number of aromatic nitrogens is 1. The van der Waals surface area contributed by atoms with Crippen LogP contribution in [-0.2, 0) is 11.3 Å². The Labute approximate surface area is 197 Å². The number of hydrogen-bond donors (Lipinski definition) is 2. The number of nitrogen functional groups attached to an aromatic ring is 1. The molecule has 0 bridgehead atoms. The zero-order valence-corrected chi connectivity index (χ0v) is 20.4. The van der Waals surface area contributed by atoms with Crippen molar-refractivity contribution >= 4 is 23.3 Å². The number of benzene rings is 1. The number of nitrogens with two attached hydrogens (primary N) is 1. The Kier molecular flexibility index (Phi) is 7.89. The quantitative estimate of drug-likeness (QED) is 0.634. The fourth-order valence-corrected chi connectivity index (χ4v) is 3.94. The van der Waals surface area contributed by atoms with Crippen LogP contribution >= 0.6 is 0 Å². The Morgan fingerprint density at radius 3 is 2.64 bits per heavy atom. The second-order valence-electron chi connectivity index (χ2n) is 9.37. The average Bonchev–Trinajstić information content (AvgIpc) is 2.78. The predicted molar refractivity (Wildman–Crippen MR) is 133 cm³/mol. The molecule has 8 heteroatoms. The third-order valence-electron chi connectivity index (χ3n) is 5.62. The maximum atomic E-state index is 12.5. The summed E-state index contributed by atoms with van der Waals surface area (Å²) in [5, 5.41) is 3.54. The van der Waals surface area contributed by atoms with Crippen molar-refractivity contribution in [2.45, 2.75) is 58.7 Å². The van der Waals surface area contributed by atoms with Gasteiger partial charge in [0, 0.05) is 38.4 Å². The molecule has 0 spiro atoms. The number of ether oxygens (including phenoxy) is 2. The molecule has 1 saturated heterocycles. The Morgan fingerprint density at radius 1 is 1.27 bits per heavy atom. The topological polar surface area (TPSA) is 93.0 Å². The largest absolute Gasteiger partial charge is 0.497 e. The van der Waals surface area contributed by atoms with E-state index in [0.717, 1.165) is 42.2 Å². The molecule has 3 rings (SSSR count). The highest BCUT2D eigenvalue weighted by Crippen LogP contribution is 2.31. The van der Waals surface area contributed by atoms with Crippen LogP contribution in [0.25, 0.3) is 0 Å². The smallest absolute Gasteiger partial charge is 0.410 e. The fourth-order valence-electron chi connectivity index (χ4n) is 3.94. The molecule has 180 valence electrons. The number of nitrogens with zero attached hydrogens (tertiary/aromatic N) is 3. The first-order chi connectivity index (χ1) is 15.7. The van der Waals surface area contributed by atoms with Crippen LogP contribution in [0, 0.1) is 0 Å². The summed E-state index contributed by atoms with van der Waals surface area (Å²) in [5.74, 6) is 1.58. The van der Waals surface area contributed by atoms with Gasteiger partial charge in [0.1, 0.15) is 11.4 Å². The lowest BCUT2D eigenvalue weighted by atomic mass is 10.1. The van der Waals surface area contributed by atoms with Gasteiger partial charge in [-0.25, -0.2) is 9.78 Å². The molecule has 1 atom stereocenters. The summed E-state index contributed by atoms with van der Waals surface area (Å²) < 4.78 is 10.8. The highest BCUT2D eigenvalue weighted by molar-refractivity contribution is 5.78. The standard InChI is InChI=1S/C25H37N5O3/c1-6-29(16-18-9-11-20(32-5)12-10-18)23-22(26)21(13-14-27-23)28-19-8-7-15-30(17-19)24(31)33-25(2,3)4/h9-14,19H,6-8,15-17,26H2,1-5H3,(H,27,28). The first-order valence-electron chi connectivity index (χ1n) is 11.6. The molecule has 0 radical (unpaired) electrons. The minimum atomic E-state index is -0.505. The molecule has 1 aromatic carbocycles. The van der Waals surface area contributed by atoms with Gasteiger partial charge < -0.3 is 30.3 Å². The van der Waals surface area contributed by atoms with Crippen molar-refractivity contribution < 1.29 is 14.3 Å². The van der Waals surface area contributed by atoms with E-state index in [4.69, 9.17) is 15.2 Å². The summed E-state index contributed by atoms with van der Waals surface area (Å²) in [7, 11) is 1.66. The van der Waals surface area contributed by atoms with Crippen LogP contribution < -0.4 is 20.7 Å². The van der Waals surface area contributed by atoms with Gasteiger partial charge in [-0.3, -0.25) is 0 Å². The summed E-state index contributed by atoms with van der Waals surface area (Å²) in [6.07, 6.45) is 3.38. The number of carbonyl (C=O) groups excluding carboxylic acids is 1. The SMILES string of the molecule is CCN(Cc1ccc(OC)cc1)c1nccc(NC2CCCN(C(=O)OC(C)(C)C)C2)c1N. The average molecular weight is 456 g/mol. The molecule has 1 aliphatic heterocycles. The molecule has 0 aliphatic carbocycles. The monoisotopic (exact) mass is 455 g/mol. The Hall–Kier alpha value is -3.16. The van der Waals surface area contributed by atoms with Crippen molar-refractivity contribution in [2.24, 2.45) is 0 Å². The van der Waals surface area contributed by atoms with Crippen molar-refractivity contribution in [1.29, 1.82) is 0 Å². The second kappa shape index (κ2) is 10.6. The Bertz CT molecular complexity index is 927. The zero-order chi connectivity index (χ0) is 24.0. The van der Waals surface area contributed by atoms with E-state index in [1.54, 1.807) is 18.2 Å². The molecule has 1 aliphatic rings. The third kappa shape index (κ3) is 6.66. The molecule has 2 heterocycles. The van der Waals surface area contributed by atoms with Crippen LogP contribution in [0.15, 0.2) is 36.5 Å². The summed E-state index contributed by atoms with van der Waals surface area (Å²) in [6, 6.07) is 10.0. The first-order valence-corrected chi connectivity index (χ1v) is 11.6. The zero-order valence-electron chi connectivity index (χ0n) is 20.4. The predicted octanol–water partition coefficient (Wildman–Crippen LogP) is 4.51. The van der Waals surface area contributed by atoms with Gasteiger partial charge in [-0.05, 0) is 64.3 Å². The molecule has 1 aromatic heterocycles. The van der Waals surface area contributed by atoms with Crippen molar-refractivity contribution in [1.82, 2.24) is 9.88 Å². The number of methoxy groups -OCH3 is 1. The maximum absolute atomic E-state index is 12.5. The molecule has 0 saturated carbocycles. The van der Waals surface area contributed by atoms with Gasteiger partial charge in [-0.1, -0.05) is 12.1 Å². The van der Waals surface area contributed by atoms with Gasteiger partial charge in [0.15, 0.2) is 5.82 Å². The molecular formula is C25H37N5O3. The number of likely N-dealkylation sites (tertiary alicyclic amines) is 1. The summed E-state index contributed by atoms with van der Waals surface area (Å²) >= 11 is 0. The van der Waals surface area contributed by atoms with E-state index in [1.165, 1.54) is 0 Å². The molecular weight excluding hydrogens is 418 g/mol. The van der Waals surface area contributed by atoms with Crippen LogP contribution in [0.4, 0.5) is 22.0 Å².